The van der Waals surface area contributed by atoms with Gasteiger partial charge in [-0.3, -0.25) is 0 Å². The SMILES string of the molecule is COc1cccc(-c2ccc(CNNc3ccccc3)cc2)c1. The molecule has 0 heterocycles. The summed E-state index contributed by atoms with van der Waals surface area (Å²) in [4.78, 5) is 0. The van der Waals surface area contributed by atoms with Crippen molar-refractivity contribution < 1.29 is 4.74 Å². The van der Waals surface area contributed by atoms with Crippen LogP contribution < -0.4 is 15.6 Å². The fraction of sp³-hybridized carbons (Fsp3) is 0.100. The zero-order chi connectivity index (χ0) is 15.9. The highest BCUT2D eigenvalue weighted by molar-refractivity contribution is 5.65. The lowest BCUT2D eigenvalue weighted by Crippen LogP contribution is -2.20. The summed E-state index contributed by atoms with van der Waals surface area (Å²) in [6, 6.07) is 26.7. The average Bonchev–Trinajstić information content (AvgIpc) is 2.63. The molecule has 116 valence electrons. The van der Waals surface area contributed by atoms with Gasteiger partial charge in [0.2, 0.25) is 0 Å². The molecule has 0 unspecified atom stereocenters. The second-order valence-electron chi connectivity index (χ2n) is 5.27. The summed E-state index contributed by atoms with van der Waals surface area (Å²) < 4.78 is 5.28. The number of nitrogens with one attached hydrogen (secondary N) is 2. The van der Waals surface area contributed by atoms with E-state index >= 15 is 0 Å². The van der Waals surface area contributed by atoms with Crippen LogP contribution in [0, 0.1) is 0 Å². The summed E-state index contributed by atoms with van der Waals surface area (Å²) in [6.07, 6.45) is 0. The van der Waals surface area contributed by atoms with Gasteiger partial charge in [-0.2, -0.15) is 0 Å². The van der Waals surface area contributed by atoms with Crippen molar-refractivity contribution in [3.05, 3.63) is 84.4 Å². The van der Waals surface area contributed by atoms with Gasteiger partial charge < -0.3 is 10.2 Å². The molecule has 3 aromatic carbocycles. The highest BCUT2D eigenvalue weighted by Crippen LogP contribution is 2.24. The highest BCUT2D eigenvalue weighted by atomic mass is 16.5. The maximum absolute atomic E-state index is 5.28. The summed E-state index contributed by atoms with van der Waals surface area (Å²) in [5, 5.41) is 0. The van der Waals surface area contributed by atoms with E-state index in [1.165, 1.54) is 11.1 Å². The summed E-state index contributed by atoms with van der Waals surface area (Å²) >= 11 is 0. The molecule has 3 heteroatoms. The first-order chi connectivity index (χ1) is 11.3. The molecule has 0 aliphatic heterocycles. The van der Waals surface area contributed by atoms with E-state index in [0.29, 0.717) is 0 Å². The third-order valence-electron chi connectivity index (χ3n) is 3.66. The van der Waals surface area contributed by atoms with E-state index in [1.54, 1.807) is 7.11 Å². The lowest BCUT2D eigenvalue weighted by molar-refractivity contribution is 0.415. The van der Waals surface area contributed by atoms with Crippen LogP contribution in [0.1, 0.15) is 5.56 Å². The Morgan fingerprint density at radius 3 is 2.30 bits per heavy atom. The quantitative estimate of drug-likeness (QED) is 0.659. The fourth-order valence-corrected chi connectivity index (χ4v) is 2.39. The molecule has 0 amide bonds. The zero-order valence-electron chi connectivity index (χ0n) is 13.1. The molecule has 3 aromatic rings. The van der Waals surface area contributed by atoms with E-state index in [2.05, 4.69) is 41.2 Å². The number of hydrazine groups is 1. The van der Waals surface area contributed by atoms with Crippen molar-refractivity contribution in [2.24, 2.45) is 0 Å². The fourth-order valence-electron chi connectivity index (χ4n) is 2.39. The predicted octanol–water partition coefficient (Wildman–Crippen LogP) is 4.48. The van der Waals surface area contributed by atoms with E-state index in [0.717, 1.165) is 23.5 Å². The van der Waals surface area contributed by atoms with Crippen LogP contribution in [0.3, 0.4) is 0 Å². The van der Waals surface area contributed by atoms with Crippen molar-refractivity contribution in [1.29, 1.82) is 0 Å². The normalized spacial score (nSPS) is 10.3. The monoisotopic (exact) mass is 304 g/mol. The van der Waals surface area contributed by atoms with Crippen LogP contribution in [0.4, 0.5) is 5.69 Å². The van der Waals surface area contributed by atoms with E-state index < -0.39 is 0 Å². The minimum absolute atomic E-state index is 0.757. The first-order valence-corrected chi connectivity index (χ1v) is 7.62. The first kappa shape index (κ1) is 15.1. The van der Waals surface area contributed by atoms with E-state index in [9.17, 15) is 0 Å². The van der Waals surface area contributed by atoms with Gasteiger partial charge in [-0.1, -0.05) is 54.6 Å². The summed E-state index contributed by atoms with van der Waals surface area (Å²) in [7, 11) is 1.69. The molecule has 0 radical (unpaired) electrons. The summed E-state index contributed by atoms with van der Waals surface area (Å²) in [5.74, 6) is 0.875. The standard InChI is InChI=1S/C20H20N2O/c1-23-20-9-5-6-18(14-20)17-12-10-16(11-13-17)15-21-22-19-7-3-2-4-8-19/h2-14,21-22H,15H2,1H3. The van der Waals surface area contributed by atoms with Crippen LogP contribution in [0.25, 0.3) is 11.1 Å². The highest BCUT2D eigenvalue weighted by Gasteiger charge is 2.00. The summed E-state index contributed by atoms with van der Waals surface area (Å²) in [5.41, 5.74) is 11.0. The maximum Gasteiger partial charge on any atom is 0.119 e. The molecular formula is C20H20N2O. The van der Waals surface area contributed by atoms with Crippen LogP contribution >= 0.6 is 0 Å². The number of ether oxygens (including phenoxy) is 1. The molecule has 0 bridgehead atoms. The number of anilines is 1. The third-order valence-corrected chi connectivity index (χ3v) is 3.66. The van der Waals surface area contributed by atoms with Crippen LogP contribution in [0.15, 0.2) is 78.9 Å². The second-order valence-corrected chi connectivity index (χ2v) is 5.27. The second kappa shape index (κ2) is 7.47. The van der Waals surface area contributed by atoms with Crippen LogP contribution in [-0.2, 0) is 6.54 Å². The Hall–Kier alpha value is -2.78. The Kier molecular flexibility index (Phi) is 4.92. The molecule has 0 atom stereocenters. The van der Waals surface area contributed by atoms with Crippen molar-refractivity contribution in [3.8, 4) is 16.9 Å². The van der Waals surface area contributed by atoms with Gasteiger partial charge in [-0.05, 0) is 41.0 Å². The topological polar surface area (TPSA) is 33.3 Å². The number of hydrogen-bond acceptors (Lipinski definition) is 3. The van der Waals surface area contributed by atoms with E-state index in [-0.39, 0.29) is 0 Å². The van der Waals surface area contributed by atoms with Crippen LogP contribution in [-0.4, -0.2) is 7.11 Å². The van der Waals surface area contributed by atoms with Gasteiger partial charge in [-0.25, -0.2) is 5.43 Å². The molecule has 0 saturated carbocycles. The number of benzene rings is 3. The first-order valence-electron chi connectivity index (χ1n) is 7.62. The third kappa shape index (κ3) is 4.11. The van der Waals surface area contributed by atoms with Crippen molar-refractivity contribution in [2.45, 2.75) is 6.54 Å². The van der Waals surface area contributed by atoms with Crippen molar-refractivity contribution in [3.63, 3.8) is 0 Å². The Morgan fingerprint density at radius 1 is 0.783 bits per heavy atom. The van der Waals surface area contributed by atoms with Gasteiger partial charge in [0.15, 0.2) is 0 Å². The van der Waals surface area contributed by atoms with Crippen molar-refractivity contribution in [2.75, 3.05) is 12.5 Å². The van der Waals surface area contributed by atoms with Crippen LogP contribution in [0.5, 0.6) is 5.75 Å². The van der Waals surface area contributed by atoms with Gasteiger partial charge in [-0.15, -0.1) is 0 Å². The lowest BCUT2D eigenvalue weighted by Gasteiger charge is -2.09. The Balaban J connectivity index is 1.60. The molecular weight excluding hydrogens is 284 g/mol. The molecule has 0 spiro atoms. The molecule has 0 fully saturated rings. The molecule has 3 rings (SSSR count). The number of para-hydroxylation sites is 1. The molecule has 0 saturated heterocycles. The van der Waals surface area contributed by atoms with Crippen molar-refractivity contribution >= 4 is 5.69 Å². The number of methoxy groups -OCH3 is 1. The maximum atomic E-state index is 5.28. The smallest absolute Gasteiger partial charge is 0.119 e. The van der Waals surface area contributed by atoms with E-state index in [1.807, 2.05) is 48.5 Å². The van der Waals surface area contributed by atoms with Gasteiger partial charge in [0.1, 0.15) is 5.75 Å². The zero-order valence-corrected chi connectivity index (χ0v) is 13.1. The number of hydrogen-bond donors (Lipinski definition) is 2. The van der Waals surface area contributed by atoms with Gasteiger partial charge in [0.25, 0.3) is 0 Å². The average molecular weight is 304 g/mol. The minimum Gasteiger partial charge on any atom is -0.497 e. The predicted molar refractivity (Wildman–Crippen MR) is 95.3 cm³/mol. The number of rotatable bonds is 6. The van der Waals surface area contributed by atoms with Gasteiger partial charge >= 0.3 is 0 Å². The largest absolute Gasteiger partial charge is 0.497 e. The molecule has 0 aliphatic carbocycles. The Morgan fingerprint density at radius 2 is 1.57 bits per heavy atom. The molecule has 23 heavy (non-hydrogen) atoms. The van der Waals surface area contributed by atoms with Crippen molar-refractivity contribution in [1.82, 2.24) is 5.43 Å². The van der Waals surface area contributed by atoms with Gasteiger partial charge in [0.05, 0.1) is 7.11 Å². The molecule has 0 aliphatic rings. The van der Waals surface area contributed by atoms with E-state index in [4.69, 9.17) is 4.74 Å². The lowest BCUT2D eigenvalue weighted by atomic mass is 10.0. The van der Waals surface area contributed by atoms with Crippen LogP contribution in [0.2, 0.25) is 0 Å². The molecule has 0 aromatic heterocycles. The van der Waals surface area contributed by atoms with Gasteiger partial charge in [0, 0.05) is 12.2 Å². The molecule has 3 nitrogen and oxygen atoms in total. The summed E-state index contributed by atoms with van der Waals surface area (Å²) in [6.45, 7) is 0.757. The Bertz CT molecular complexity index is 739. The molecule has 2 N–H and O–H groups in total. The Labute approximate surface area is 136 Å². The minimum atomic E-state index is 0.757.